The molecule has 1 aliphatic rings. The van der Waals surface area contributed by atoms with E-state index in [9.17, 15) is 9.90 Å². The molecule has 2 aromatic rings. The van der Waals surface area contributed by atoms with Crippen LogP contribution in [0.5, 0.6) is 0 Å². The predicted octanol–water partition coefficient (Wildman–Crippen LogP) is 9.10. The van der Waals surface area contributed by atoms with Gasteiger partial charge in [-0.05, 0) is 89.5 Å². The number of aliphatic hydroxyl groups is 1. The molecule has 1 aliphatic heterocycles. The van der Waals surface area contributed by atoms with Gasteiger partial charge >= 0.3 is 5.97 Å². The predicted molar refractivity (Wildman–Crippen MR) is 170 cm³/mol. The highest BCUT2D eigenvalue weighted by Crippen LogP contribution is 2.39. The lowest BCUT2D eigenvalue weighted by molar-refractivity contribution is -0.145. The van der Waals surface area contributed by atoms with Crippen LogP contribution in [0.3, 0.4) is 0 Å². The fourth-order valence-electron chi connectivity index (χ4n) is 5.44. The lowest BCUT2D eigenvalue weighted by Crippen LogP contribution is -2.33. The van der Waals surface area contributed by atoms with Crippen LogP contribution in [0.1, 0.15) is 129 Å². The number of ether oxygens (including phenoxy) is 2. The Bertz CT molecular complexity index is 1120. The molecule has 3 rings (SSSR count). The standard InChI is InChI=1S/C36H55NO4/c1-6-7-8-9-10-11-12-13-14-15-16-17-18-19-20-21-34(38)40-27-31(35(2,3)39)30-26-37-32-23-22-28(24-29(30)32)25-33-36(4,5)41-33/h10-11,13-14,22-24,26,31,33,37,39H,6-9,12,15-21,25,27H2,1-5H3/b11-10-,14-13-/t31-,33+/m1/s1. The first-order valence-electron chi connectivity index (χ1n) is 16.1. The van der Waals surface area contributed by atoms with Crippen LogP contribution in [-0.4, -0.2) is 40.0 Å². The average Bonchev–Trinajstić information content (AvgIpc) is 3.31. The maximum atomic E-state index is 12.5. The Balaban J connectivity index is 1.35. The minimum atomic E-state index is -1.04. The fourth-order valence-corrected chi connectivity index (χ4v) is 5.44. The van der Waals surface area contributed by atoms with Gasteiger partial charge in [0.1, 0.15) is 6.61 Å². The molecule has 5 heteroatoms. The molecule has 41 heavy (non-hydrogen) atoms. The van der Waals surface area contributed by atoms with E-state index in [2.05, 4.69) is 68.3 Å². The Morgan fingerprint density at radius 2 is 1.71 bits per heavy atom. The summed E-state index contributed by atoms with van der Waals surface area (Å²) in [6, 6.07) is 6.40. The van der Waals surface area contributed by atoms with Crippen molar-refractivity contribution in [2.24, 2.45) is 0 Å². The highest BCUT2D eigenvalue weighted by atomic mass is 16.6. The number of nitrogens with one attached hydrogen (secondary N) is 1. The summed E-state index contributed by atoms with van der Waals surface area (Å²) in [4.78, 5) is 15.9. The van der Waals surface area contributed by atoms with Gasteiger partial charge in [-0.2, -0.15) is 0 Å². The quantitative estimate of drug-likeness (QED) is 0.0726. The van der Waals surface area contributed by atoms with E-state index in [1.54, 1.807) is 13.8 Å². The normalized spacial score (nSPS) is 17.6. The van der Waals surface area contributed by atoms with Crippen molar-refractivity contribution in [3.05, 3.63) is 59.8 Å². The number of hydrogen-bond acceptors (Lipinski definition) is 4. The van der Waals surface area contributed by atoms with Crippen molar-refractivity contribution in [2.45, 2.75) is 141 Å². The van der Waals surface area contributed by atoms with Crippen LogP contribution in [0, 0.1) is 0 Å². The Morgan fingerprint density at radius 3 is 2.37 bits per heavy atom. The first kappa shape index (κ1) is 33.1. The van der Waals surface area contributed by atoms with E-state index in [1.165, 1.54) is 44.1 Å². The third-order valence-electron chi connectivity index (χ3n) is 8.33. The molecule has 0 spiro atoms. The summed E-state index contributed by atoms with van der Waals surface area (Å²) in [5.74, 6) is -0.507. The molecule has 5 nitrogen and oxygen atoms in total. The lowest BCUT2D eigenvalue weighted by Gasteiger charge is -2.29. The van der Waals surface area contributed by atoms with Crippen LogP contribution in [0.25, 0.3) is 10.9 Å². The SMILES string of the molecule is CCCCC/C=C\C/C=C\CCCCCCCC(=O)OC[C@H](c1c[nH]c2ccc(C[C@@H]3OC3(C)C)cc12)C(C)(C)O. The molecule has 1 fully saturated rings. The number of hydrogen-bond donors (Lipinski definition) is 2. The van der Waals surface area contributed by atoms with E-state index in [1.807, 2.05) is 6.20 Å². The van der Waals surface area contributed by atoms with Gasteiger partial charge in [-0.3, -0.25) is 4.79 Å². The third kappa shape index (κ3) is 11.4. The number of rotatable bonds is 20. The number of aromatic nitrogens is 1. The number of esters is 1. The van der Waals surface area contributed by atoms with E-state index < -0.39 is 5.60 Å². The van der Waals surface area contributed by atoms with Crippen LogP contribution in [0.15, 0.2) is 48.7 Å². The van der Waals surface area contributed by atoms with E-state index >= 15 is 0 Å². The van der Waals surface area contributed by atoms with Crippen LogP contribution in [0.2, 0.25) is 0 Å². The summed E-state index contributed by atoms with van der Waals surface area (Å²) in [5, 5.41) is 12.1. The second-order valence-electron chi connectivity index (χ2n) is 12.9. The summed E-state index contributed by atoms with van der Waals surface area (Å²) in [7, 11) is 0. The van der Waals surface area contributed by atoms with Crippen LogP contribution >= 0.6 is 0 Å². The molecule has 1 saturated heterocycles. The number of unbranched alkanes of at least 4 members (excludes halogenated alkanes) is 8. The van der Waals surface area contributed by atoms with Crippen LogP contribution in [0.4, 0.5) is 0 Å². The molecule has 0 aliphatic carbocycles. The molecule has 0 amide bonds. The Hall–Kier alpha value is -2.37. The van der Waals surface area contributed by atoms with Crippen molar-refractivity contribution < 1.29 is 19.4 Å². The molecule has 0 radical (unpaired) electrons. The Labute approximate surface area is 248 Å². The van der Waals surface area contributed by atoms with E-state index in [0.717, 1.165) is 55.0 Å². The number of aromatic amines is 1. The van der Waals surface area contributed by atoms with Crippen molar-refractivity contribution >= 4 is 16.9 Å². The topological polar surface area (TPSA) is 74.9 Å². The van der Waals surface area contributed by atoms with Crippen LogP contribution in [-0.2, 0) is 20.7 Å². The van der Waals surface area contributed by atoms with Gasteiger partial charge in [0.2, 0.25) is 0 Å². The zero-order valence-electron chi connectivity index (χ0n) is 26.3. The fraction of sp³-hybridized carbons (Fsp3) is 0.639. The van der Waals surface area contributed by atoms with Gasteiger partial charge in [0.05, 0.1) is 17.3 Å². The summed E-state index contributed by atoms with van der Waals surface area (Å²) in [6.07, 6.45) is 25.3. The number of carbonyl (C=O) groups excluding carboxylic acids is 1. The smallest absolute Gasteiger partial charge is 0.305 e. The molecular weight excluding hydrogens is 510 g/mol. The van der Waals surface area contributed by atoms with Crippen molar-refractivity contribution in [3.63, 3.8) is 0 Å². The first-order chi connectivity index (χ1) is 19.6. The third-order valence-corrected chi connectivity index (χ3v) is 8.33. The molecule has 1 aromatic carbocycles. The zero-order chi connectivity index (χ0) is 29.7. The zero-order valence-corrected chi connectivity index (χ0v) is 26.3. The average molecular weight is 566 g/mol. The van der Waals surface area contributed by atoms with Crippen molar-refractivity contribution in [1.29, 1.82) is 0 Å². The maximum absolute atomic E-state index is 12.5. The van der Waals surface area contributed by atoms with Crippen molar-refractivity contribution in [3.8, 4) is 0 Å². The summed E-state index contributed by atoms with van der Waals surface area (Å²) < 4.78 is 11.5. The molecule has 0 bridgehead atoms. The van der Waals surface area contributed by atoms with Gasteiger partial charge in [0.15, 0.2) is 0 Å². The lowest BCUT2D eigenvalue weighted by atomic mass is 9.85. The van der Waals surface area contributed by atoms with Gasteiger partial charge in [-0.1, -0.05) is 69.4 Å². The van der Waals surface area contributed by atoms with E-state index in [-0.39, 0.29) is 30.2 Å². The highest BCUT2D eigenvalue weighted by Gasteiger charge is 2.47. The van der Waals surface area contributed by atoms with Gasteiger partial charge in [0.25, 0.3) is 0 Å². The summed E-state index contributed by atoms with van der Waals surface area (Å²) in [6.45, 7) is 10.2. The number of benzene rings is 1. The minimum Gasteiger partial charge on any atom is -0.465 e. The minimum absolute atomic E-state index is 0.0538. The summed E-state index contributed by atoms with van der Waals surface area (Å²) in [5.41, 5.74) is 2.12. The summed E-state index contributed by atoms with van der Waals surface area (Å²) >= 11 is 0. The monoisotopic (exact) mass is 565 g/mol. The largest absolute Gasteiger partial charge is 0.465 e. The number of fused-ring (bicyclic) bond motifs is 1. The van der Waals surface area contributed by atoms with Gasteiger partial charge in [-0.25, -0.2) is 0 Å². The molecule has 0 unspecified atom stereocenters. The molecular formula is C36H55NO4. The van der Waals surface area contributed by atoms with E-state index in [4.69, 9.17) is 9.47 Å². The Kier molecular flexibility index (Phi) is 13.2. The molecule has 2 N–H and O–H groups in total. The number of epoxide rings is 1. The molecule has 2 atom stereocenters. The maximum Gasteiger partial charge on any atom is 0.305 e. The van der Waals surface area contributed by atoms with Gasteiger partial charge < -0.3 is 19.6 Å². The highest BCUT2D eigenvalue weighted by molar-refractivity contribution is 5.84. The second-order valence-corrected chi connectivity index (χ2v) is 12.9. The molecule has 1 aromatic heterocycles. The van der Waals surface area contributed by atoms with Crippen molar-refractivity contribution in [1.82, 2.24) is 4.98 Å². The first-order valence-corrected chi connectivity index (χ1v) is 16.1. The number of carbonyl (C=O) groups is 1. The number of H-pyrrole nitrogens is 1. The second kappa shape index (κ2) is 16.3. The van der Waals surface area contributed by atoms with E-state index in [0.29, 0.717) is 6.42 Å². The molecule has 0 saturated carbocycles. The van der Waals surface area contributed by atoms with Gasteiger partial charge in [0, 0.05) is 35.9 Å². The Morgan fingerprint density at radius 1 is 1.05 bits per heavy atom. The van der Waals surface area contributed by atoms with Crippen molar-refractivity contribution in [2.75, 3.05) is 6.61 Å². The van der Waals surface area contributed by atoms with Gasteiger partial charge in [-0.15, -0.1) is 0 Å². The van der Waals surface area contributed by atoms with Crippen LogP contribution < -0.4 is 0 Å². The molecule has 228 valence electrons. The molecule has 2 heterocycles. The number of allylic oxidation sites excluding steroid dienone is 4.